The maximum Gasteiger partial charge on any atom is 0.332 e. The number of nitrogens with zero attached hydrogens (tertiary/aromatic N) is 2. The van der Waals surface area contributed by atoms with Crippen LogP contribution >= 0.6 is 0 Å². The molecule has 7 heteroatoms. The molecule has 2 aromatic rings. The van der Waals surface area contributed by atoms with Crippen LogP contribution in [0.1, 0.15) is 6.92 Å². The van der Waals surface area contributed by atoms with Crippen LogP contribution in [-0.2, 0) is 4.79 Å². The van der Waals surface area contributed by atoms with E-state index >= 15 is 0 Å². The van der Waals surface area contributed by atoms with E-state index in [1.807, 2.05) is 6.07 Å². The molecule has 0 radical (unpaired) electrons. The van der Waals surface area contributed by atoms with E-state index in [1.165, 1.54) is 4.90 Å². The molecule has 0 spiro atoms. The van der Waals surface area contributed by atoms with Crippen molar-refractivity contribution in [2.75, 3.05) is 25.2 Å². The first-order valence-electron chi connectivity index (χ1n) is 8.66. The number of methoxy groups -OCH3 is 1. The Bertz CT molecular complexity index is 794. The van der Waals surface area contributed by atoms with Crippen LogP contribution in [0.3, 0.4) is 0 Å². The van der Waals surface area contributed by atoms with E-state index in [0.717, 1.165) is 4.90 Å². The van der Waals surface area contributed by atoms with Gasteiger partial charge in [-0.1, -0.05) is 18.2 Å². The number of carbonyl (C=O) groups excluding carboxylic acids is 2. The maximum absolute atomic E-state index is 12.7. The van der Waals surface area contributed by atoms with Crippen molar-refractivity contribution in [3.05, 3.63) is 54.6 Å². The Morgan fingerprint density at radius 1 is 1.04 bits per heavy atom. The van der Waals surface area contributed by atoms with E-state index in [0.29, 0.717) is 17.2 Å². The van der Waals surface area contributed by atoms with Gasteiger partial charge in [-0.3, -0.25) is 14.6 Å². The molecule has 0 aromatic heterocycles. The van der Waals surface area contributed by atoms with E-state index in [9.17, 15) is 14.7 Å². The summed E-state index contributed by atoms with van der Waals surface area (Å²) < 4.78 is 10.6. The fourth-order valence-corrected chi connectivity index (χ4v) is 2.94. The lowest BCUT2D eigenvalue weighted by atomic mass is 10.2. The molecule has 0 aliphatic carbocycles. The van der Waals surface area contributed by atoms with Crippen LogP contribution in [0.4, 0.5) is 10.5 Å². The predicted molar refractivity (Wildman–Crippen MR) is 100.0 cm³/mol. The van der Waals surface area contributed by atoms with Gasteiger partial charge in [-0.05, 0) is 43.3 Å². The van der Waals surface area contributed by atoms with Gasteiger partial charge in [0, 0.05) is 5.69 Å². The summed E-state index contributed by atoms with van der Waals surface area (Å²) in [6.07, 6.45) is -0.997. The van der Waals surface area contributed by atoms with Crippen molar-refractivity contribution in [2.45, 2.75) is 19.1 Å². The van der Waals surface area contributed by atoms with E-state index in [4.69, 9.17) is 9.47 Å². The molecule has 2 aromatic carbocycles. The Morgan fingerprint density at radius 3 is 2.30 bits per heavy atom. The van der Waals surface area contributed by atoms with Crippen molar-refractivity contribution in [2.24, 2.45) is 0 Å². The van der Waals surface area contributed by atoms with Crippen molar-refractivity contribution in [1.82, 2.24) is 4.90 Å². The molecule has 0 bridgehead atoms. The van der Waals surface area contributed by atoms with Gasteiger partial charge in [-0.15, -0.1) is 0 Å². The Labute approximate surface area is 157 Å². The Morgan fingerprint density at radius 2 is 1.67 bits per heavy atom. The Kier molecular flexibility index (Phi) is 5.61. The average molecular weight is 370 g/mol. The molecular formula is C20H22N2O5. The highest BCUT2D eigenvalue weighted by Crippen LogP contribution is 2.25. The molecule has 1 fully saturated rings. The van der Waals surface area contributed by atoms with Crippen molar-refractivity contribution >= 4 is 17.6 Å². The fourth-order valence-electron chi connectivity index (χ4n) is 2.94. The predicted octanol–water partition coefficient (Wildman–Crippen LogP) is 2.29. The highest BCUT2D eigenvalue weighted by molar-refractivity contribution is 6.14. The summed E-state index contributed by atoms with van der Waals surface area (Å²) in [5.41, 5.74) is 0.648. The summed E-state index contributed by atoms with van der Waals surface area (Å²) in [4.78, 5) is 27.6. The smallest absolute Gasteiger partial charge is 0.332 e. The highest BCUT2D eigenvalue weighted by atomic mass is 16.5. The number of urea groups is 1. The van der Waals surface area contributed by atoms with Gasteiger partial charge in [0.2, 0.25) is 0 Å². The number of hydrogen-bond acceptors (Lipinski definition) is 5. The number of ether oxygens (including phenoxy) is 2. The number of anilines is 1. The summed E-state index contributed by atoms with van der Waals surface area (Å²) in [6, 6.07) is 14.9. The van der Waals surface area contributed by atoms with Gasteiger partial charge < -0.3 is 14.6 Å². The number of carbonyl (C=O) groups is 2. The molecule has 3 amide bonds. The zero-order valence-corrected chi connectivity index (χ0v) is 15.2. The molecular weight excluding hydrogens is 348 g/mol. The number of benzene rings is 2. The third kappa shape index (κ3) is 4.03. The summed E-state index contributed by atoms with van der Waals surface area (Å²) in [5.74, 6) is 0.923. The van der Waals surface area contributed by atoms with Gasteiger partial charge in [-0.25, -0.2) is 4.79 Å². The number of aliphatic hydroxyl groups is 1. The largest absolute Gasteiger partial charge is 0.497 e. The molecule has 1 heterocycles. The van der Waals surface area contributed by atoms with Crippen LogP contribution in [0.2, 0.25) is 0 Å². The molecule has 7 nitrogen and oxygen atoms in total. The summed E-state index contributed by atoms with van der Waals surface area (Å²) >= 11 is 0. The van der Waals surface area contributed by atoms with Gasteiger partial charge >= 0.3 is 6.03 Å². The molecule has 142 valence electrons. The minimum atomic E-state index is -0.997. The lowest BCUT2D eigenvalue weighted by Gasteiger charge is -2.20. The Balaban J connectivity index is 1.60. The van der Waals surface area contributed by atoms with E-state index in [-0.39, 0.29) is 19.1 Å². The van der Waals surface area contributed by atoms with Crippen LogP contribution in [0.5, 0.6) is 11.5 Å². The highest BCUT2D eigenvalue weighted by Gasteiger charge is 2.43. The second-order valence-corrected chi connectivity index (χ2v) is 6.25. The maximum atomic E-state index is 12.7. The zero-order valence-electron chi connectivity index (χ0n) is 15.2. The number of para-hydroxylation sites is 1. The first-order chi connectivity index (χ1) is 13.0. The molecule has 3 rings (SSSR count). The lowest BCUT2D eigenvalue weighted by molar-refractivity contribution is -0.128. The third-order valence-corrected chi connectivity index (χ3v) is 4.38. The number of rotatable bonds is 7. The van der Waals surface area contributed by atoms with Crippen LogP contribution in [0.25, 0.3) is 0 Å². The fraction of sp³-hybridized carbons (Fsp3) is 0.300. The topological polar surface area (TPSA) is 79.3 Å². The molecule has 0 saturated carbocycles. The van der Waals surface area contributed by atoms with Gasteiger partial charge in [0.05, 0.1) is 13.7 Å². The van der Waals surface area contributed by atoms with Crippen molar-refractivity contribution in [3.8, 4) is 11.5 Å². The number of amides is 3. The molecule has 2 unspecified atom stereocenters. The van der Waals surface area contributed by atoms with Crippen molar-refractivity contribution in [1.29, 1.82) is 0 Å². The second kappa shape index (κ2) is 8.09. The third-order valence-electron chi connectivity index (χ3n) is 4.38. The number of aliphatic hydroxyl groups excluding tert-OH is 1. The van der Waals surface area contributed by atoms with Crippen LogP contribution < -0.4 is 14.4 Å². The lowest BCUT2D eigenvalue weighted by Crippen LogP contribution is -2.40. The molecule has 1 aliphatic rings. The molecule has 2 atom stereocenters. The first kappa shape index (κ1) is 18.7. The van der Waals surface area contributed by atoms with Crippen LogP contribution in [0, 0.1) is 0 Å². The van der Waals surface area contributed by atoms with Gasteiger partial charge in [0.15, 0.2) is 0 Å². The summed E-state index contributed by atoms with van der Waals surface area (Å²) in [7, 11) is 1.57. The molecule has 27 heavy (non-hydrogen) atoms. The Hall–Kier alpha value is -3.06. The second-order valence-electron chi connectivity index (χ2n) is 6.25. The van der Waals surface area contributed by atoms with Crippen molar-refractivity contribution < 1.29 is 24.2 Å². The van der Waals surface area contributed by atoms with Gasteiger partial charge in [0.1, 0.15) is 30.3 Å². The van der Waals surface area contributed by atoms with E-state index in [2.05, 4.69) is 0 Å². The number of imide groups is 1. The quantitative estimate of drug-likeness (QED) is 0.757. The molecule has 1 aliphatic heterocycles. The normalized spacial score (nSPS) is 18.0. The number of β-amino-alcohol motifs (C(OH)–C–C–N with tert-alkyl or cyclic N) is 1. The summed E-state index contributed by atoms with van der Waals surface area (Å²) in [5, 5.41) is 10.2. The summed E-state index contributed by atoms with van der Waals surface area (Å²) in [6.45, 7) is 1.51. The van der Waals surface area contributed by atoms with Gasteiger partial charge in [-0.2, -0.15) is 0 Å². The SMILES string of the molecule is COc1ccc(OCC(O)CN2C(=O)C(C)N(c3ccccc3)C2=O)cc1. The molecule has 1 saturated heterocycles. The minimum Gasteiger partial charge on any atom is -0.497 e. The van der Waals surface area contributed by atoms with Crippen LogP contribution in [-0.4, -0.2) is 54.4 Å². The number of hydrogen-bond donors (Lipinski definition) is 1. The van der Waals surface area contributed by atoms with E-state index < -0.39 is 18.2 Å². The molecule has 1 N–H and O–H groups in total. The first-order valence-corrected chi connectivity index (χ1v) is 8.66. The van der Waals surface area contributed by atoms with Crippen LogP contribution in [0.15, 0.2) is 54.6 Å². The van der Waals surface area contributed by atoms with E-state index in [1.54, 1.807) is 62.6 Å². The minimum absolute atomic E-state index is 0.0386. The van der Waals surface area contributed by atoms with Gasteiger partial charge in [0.25, 0.3) is 5.91 Å². The standard InChI is InChI=1S/C20H22N2O5/c1-14-19(24)21(20(25)22(14)15-6-4-3-5-7-15)12-16(23)13-27-18-10-8-17(26-2)9-11-18/h3-11,14,16,23H,12-13H2,1-2H3. The van der Waals surface area contributed by atoms with Crippen molar-refractivity contribution in [3.63, 3.8) is 0 Å². The average Bonchev–Trinajstić information content (AvgIpc) is 2.90. The monoisotopic (exact) mass is 370 g/mol. The zero-order chi connectivity index (χ0) is 19.4.